The molecule has 13 heavy (non-hydrogen) atoms. The molecule has 0 saturated carbocycles. The van der Waals surface area contributed by atoms with Crippen LogP contribution in [0.25, 0.3) is 10.9 Å². The SMILES string of the molecule is Clc1cc2c(I)cccc2nc1Cl. The van der Waals surface area contributed by atoms with Gasteiger partial charge in [-0.05, 0) is 40.8 Å². The molecule has 0 spiro atoms. The second-order valence-corrected chi connectivity index (χ2v) is 4.49. The fourth-order valence-corrected chi connectivity index (χ4v) is 2.05. The monoisotopic (exact) mass is 323 g/mol. The van der Waals surface area contributed by atoms with Crippen LogP contribution >= 0.6 is 45.8 Å². The van der Waals surface area contributed by atoms with Gasteiger partial charge in [-0.2, -0.15) is 0 Å². The Morgan fingerprint density at radius 2 is 2.00 bits per heavy atom. The van der Waals surface area contributed by atoms with Gasteiger partial charge in [0.25, 0.3) is 0 Å². The van der Waals surface area contributed by atoms with Gasteiger partial charge in [0.15, 0.2) is 0 Å². The molecule has 0 bridgehead atoms. The van der Waals surface area contributed by atoms with Crippen LogP contribution in [0.5, 0.6) is 0 Å². The van der Waals surface area contributed by atoms with Crippen molar-refractivity contribution in [3.05, 3.63) is 38.0 Å². The summed E-state index contributed by atoms with van der Waals surface area (Å²) in [5, 5.41) is 1.90. The van der Waals surface area contributed by atoms with Crippen molar-refractivity contribution in [3.8, 4) is 0 Å². The number of fused-ring (bicyclic) bond motifs is 1. The van der Waals surface area contributed by atoms with Crippen LogP contribution in [0, 0.1) is 3.57 Å². The Kier molecular flexibility index (Phi) is 2.62. The first-order valence-electron chi connectivity index (χ1n) is 3.59. The second kappa shape index (κ2) is 3.59. The number of benzene rings is 1. The van der Waals surface area contributed by atoms with E-state index in [1.54, 1.807) is 0 Å². The third kappa shape index (κ3) is 1.75. The lowest BCUT2D eigenvalue weighted by Gasteiger charge is -2.01. The number of aromatic nitrogens is 1. The molecule has 0 aliphatic carbocycles. The van der Waals surface area contributed by atoms with E-state index in [2.05, 4.69) is 27.6 Å². The van der Waals surface area contributed by atoms with Crippen molar-refractivity contribution in [1.29, 1.82) is 0 Å². The van der Waals surface area contributed by atoms with Crippen LogP contribution in [-0.4, -0.2) is 4.98 Å². The van der Waals surface area contributed by atoms with Crippen molar-refractivity contribution < 1.29 is 0 Å². The van der Waals surface area contributed by atoms with E-state index < -0.39 is 0 Å². The summed E-state index contributed by atoms with van der Waals surface area (Å²) in [5.41, 5.74) is 0.876. The van der Waals surface area contributed by atoms with Crippen LogP contribution in [0.2, 0.25) is 10.2 Å². The van der Waals surface area contributed by atoms with E-state index in [0.29, 0.717) is 10.2 Å². The molecule has 66 valence electrons. The highest BCUT2D eigenvalue weighted by molar-refractivity contribution is 14.1. The normalized spacial score (nSPS) is 10.7. The molecule has 0 saturated heterocycles. The van der Waals surface area contributed by atoms with Crippen molar-refractivity contribution >= 4 is 56.7 Å². The van der Waals surface area contributed by atoms with Gasteiger partial charge in [-0.25, -0.2) is 4.98 Å². The Morgan fingerprint density at radius 3 is 2.77 bits per heavy atom. The maximum absolute atomic E-state index is 5.86. The number of hydrogen-bond acceptors (Lipinski definition) is 1. The summed E-state index contributed by atoms with van der Waals surface area (Å²) in [6, 6.07) is 7.71. The number of rotatable bonds is 0. The van der Waals surface area contributed by atoms with Crippen LogP contribution < -0.4 is 0 Å². The predicted octanol–water partition coefficient (Wildman–Crippen LogP) is 4.15. The molecule has 4 heteroatoms. The van der Waals surface area contributed by atoms with E-state index in [-0.39, 0.29) is 0 Å². The van der Waals surface area contributed by atoms with Crippen LogP contribution in [0.15, 0.2) is 24.3 Å². The Labute approximate surface area is 99.2 Å². The van der Waals surface area contributed by atoms with Crippen LogP contribution in [0.1, 0.15) is 0 Å². The standard InChI is InChI=1S/C9H4Cl2IN/c10-6-4-5-7(12)2-1-3-8(5)13-9(6)11/h1-4H. The zero-order chi connectivity index (χ0) is 9.42. The summed E-state index contributed by atoms with van der Waals surface area (Å²) in [6.07, 6.45) is 0. The fraction of sp³-hybridized carbons (Fsp3) is 0. The molecule has 0 aliphatic rings. The average molecular weight is 324 g/mol. The first-order chi connectivity index (χ1) is 6.18. The molecule has 2 rings (SSSR count). The smallest absolute Gasteiger partial charge is 0.148 e. The maximum atomic E-state index is 5.86. The average Bonchev–Trinajstić information content (AvgIpc) is 2.09. The lowest BCUT2D eigenvalue weighted by molar-refractivity contribution is 1.41. The lowest BCUT2D eigenvalue weighted by atomic mass is 10.2. The Morgan fingerprint density at radius 1 is 1.23 bits per heavy atom. The molecule has 0 atom stereocenters. The van der Waals surface area contributed by atoms with Gasteiger partial charge in [-0.3, -0.25) is 0 Å². The molecule has 1 nitrogen and oxygen atoms in total. The van der Waals surface area contributed by atoms with Gasteiger partial charge in [0.05, 0.1) is 10.5 Å². The number of nitrogens with zero attached hydrogens (tertiary/aromatic N) is 1. The van der Waals surface area contributed by atoms with Crippen molar-refractivity contribution in [2.45, 2.75) is 0 Å². The highest BCUT2D eigenvalue weighted by Crippen LogP contribution is 2.27. The minimum Gasteiger partial charge on any atom is -0.234 e. The summed E-state index contributed by atoms with van der Waals surface area (Å²) in [6.45, 7) is 0. The van der Waals surface area contributed by atoms with Crippen LogP contribution in [-0.2, 0) is 0 Å². The van der Waals surface area contributed by atoms with E-state index in [9.17, 15) is 0 Å². The largest absolute Gasteiger partial charge is 0.234 e. The molecule has 0 N–H and O–H groups in total. The van der Waals surface area contributed by atoms with Gasteiger partial charge in [0.1, 0.15) is 5.15 Å². The highest BCUT2D eigenvalue weighted by atomic mass is 127. The summed E-state index contributed by atoms with van der Waals surface area (Å²) in [4.78, 5) is 4.16. The van der Waals surface area contributed by atoms with Crippen molar-refractivity contribution in [1.82, 2.24) is 4.98 Å². The predicted molar refractivity (Wildman–Crippen MR) is 64.5 cm³/mol. The maximum Gasteiger partial charge on any atom is 0.148 e. The van der Waals surface area contributed by atoms with E-state index in [0.717, 1.165) is 14.5 Å². The van der Waals surface area contributed by atoms with Crippen LogP contribution in [0.3, 0.4) is 0 Å². The van der Waals surface area contributed by atoms with E-state index in [1.807, 2.05) is 24.3 Å². The molecule has 0 unspecified atom stereocenters. The van der Waals surface area contributed by atoms with Crippen LogP contribution in [0.4, 0.5) is 0 Å². The second-order valence-electron chi connectivity index (χ2n) is 2.57. The lowest BCUT2D eigenvalue weighted by Crippen LogP contribution is -1.83. The molecule has 1 heterocycles. The van der Waals surface area contributed by atoms with Gasteiger partial charge in [-0.1, -0.05) is 29.3 Å². The van der Waals surface area contributed by atoms with Gasteiger partial charge < -0.3 is 0 Å². The summed E-state index contributed by atoms with van der Waals surface area (Å²) in [5.74, 6) is 0. The zero-order valence-electron chi connectivity index (χ0n) is 6.39. The fourth-order valence-electron chi connectivity index (χ4n) is 1.11. The van der Waals surface area contributed by atoms with Crippen molar-refractivity contribution in [3.63, 3.8) is 0 Å². The Bertz CT molecular complexity index is 470. The minimum atomic E-state index is 0.358. The van der Waals surface area contributed by atoms with Crippen molar-refractivity contribution in [2.24, 2.45) is 0 Å². The third-order valence-electron chi connectivity index (χ3n) is 1.72. The molecular formula is C9H4Cl2IN. The summed E-state index contributed by atoms with van der Waals surface area (Å²) in [7, 11) is 0. The first-order valence-corrected chi connectivity index (χ1v) is 5.42. The van der Waals surface area contributed by atoms with Gasteiger partial charge >= 0.3 is 0 Å². The molecule has 0 aliphatic heterocycles. The van der Waals surface area contributed by atoms with Gasteiger partial charge in [-0.15, -0.1) is 0 Å². The van der Waals surface area contributed by atoms with E-state index in [1.165, 1.54) is 0 Å². The molecule has 0 fully saturated rings. The molecule has 1 aromatic carbocycles. The van der Waals surface area contributed by atoms with Gasteiger partial charge in [0, 0.05) is 8.96 Å². The zero-order valence-corrected chi connectivity index (χ0v) is 10.1. The van der Waals surface area contributed by atoms with Crippen molar-refractivity contribution in [2.75, 3.05) is 0 Å². The highest BCUT2D eigenvalue weighted by Gasteiger charge is 2.04. The topological polar surface area (TPSA) is 12.9 Å². The summed E-state index contributed by atoms with van der Waals surface area (Å²) < 4.78 is 1.13. The Hall–Kier alpha value is -0.0600. The molecule has 0 radical (unpaired) electrons. The third-order valence-corrected chi connectivity index (χ3v) is 3.33. The van der Waals surface area contributed by atoms with E-state index >= 15 is 0 Å². The molecule has 0 amide bonds. The minimum absolute atomic E-state index is 0.358. The molecule has 2 aromatic rings. The number of hydrogen-bond donors (Lipinski definition) is 0. The number of halogens is 3. The molecular weight excluding hydrogens is 320 g/mol. The molecule has 1 aromatic heterocycles. The van der Waals surface area contributed by atoms with Gasteiger partial charge in [0.2, 0.25) is 0 Å². The number of pyridine rings is 1. The van der Waals surface area contributed by atoms with E-state index in [4.69, 9.17) is 23.2 Å². The Balaban J connectivity index is 2.89. The quantitative estimate of drug-likeness (QED) is 0.524. The summed E-state index contributed by atoms with van der Waals surface area (Å²) >= 11 is 13.9. The first kappa shape index (κ1) is 9.49.